The Morgan fingerprint density at radius 3 is 2.57 bits per heavy atom. The van der Waals surface area contributed by atoms with E-state index in [4.69, 9.17) is 16.3 Å². The van der Waals surface area contributed by atoms with Crippen LogP contribution in [0.2, 0.25) is 5.02 Å². The maximum Gasteiger partial charge on any atom is 0.236 e. The number of aromatic nitrogens is 2. The van der Waals surface area contributed by atoms with Crippen LogP contribution in [-0.2, 0) is 11.2 Å². The van der Waals surface area contributed by atoms with Gasteiger partial charge in [0.15, 0.2) is 0 Å². The first-order chi connectivity index (χ1) is 14.6. The summed E-state index contributed by atoms with van der Waals surface area (Å²) < 4.78 is 19.7. The minimum absolute atomic E-state index is 0.160. The van der Waals surface area contributed by atoms with Gasteiger partial charge in [0, 0.05) is 49.0 Å². The highest BCUT2D eigenvalue weighted by Crippen LogP contribution is 2.32. The molecule has 0 radical (unpaired) electrons. The van der Waals surface area contributed by atoms with Crippen molar-refractivity contribution in [2.45, 2.75) is 51.0 Å². The van der Waals surface area contributed by atoms with Crippen molar-refractivity contribution < 1.29 is 14.2 Å². The van der Waals surface area contributed by atoms with Crippen LogP contribution in [0.15, 0.2) is 24.5 Å². The largest absolute Gasteiger partial charge is 0.393 e. The van der Waals surface area contributed by atoms with Crippen LogP contribution in [0.4, 0.5) is 10.1 Å². The molecule has 0 bridgehead atoms. The maximum absolute atomic E-state index is 14.3. The summed E-state index contributed by atoms with van der Waals surface area (Å²) in [6.07, 6.45) is 9.61. The third-order valence-electron chi connectivity index (χ3n) is 6.30. The maximum atomic E-state index is 14.3. The first-order valence-electron chi connectivity index (χ1n) is 10.9. The Balaban J connectivity index is 1.48. The van der Waals surface area contributed by atoms with Gasteiger partial charge in [-0.3, -0.25) is 4.98 Å². The number of rotatable bonds is 6. The van der Waals surface area contributed by atoms with Gasteiger partial charge >= 0.3 is 0 Å². The Hall–Kier alpha value is -1.76. The van der Waals surface area contributed by atoms with E-state index >= 15 is 0 Å². The number of halogens is 2. The van der Waals surface area contributed by atoms with Crippen molar-refractivity contribution in [1.82, 2.24) is 9.97 Å². The molecule has 2 fully saturated rings. The van der Waals surface area contributed by atoms with E-state index in [9.17, 15) is 9.50 Å². The molecule has 1 aliphatic heterocycles. The number of anilines is 1. The molecular formula is C23H29ClFN3O2. The number of aliphatic hydroxyl groups excluding tert-OH is 1. The van der Waals surface area contributed by atoms with Crippen molar-refractivity contribution in [3.63, 3.8) is 0 Å². The number of pyridine rings is 2. The van der Waals surface area contributed by atoms with Crippen LogP contribution in [0.25, 0.3) is 11.1 Å². The fraction of sp³-hybridized carbons (Fsp3) is 0.565. The lowest BCUT2D eigenvalue weighted by atomic mass is 9.84. The molecule has 7 heteroatoms. The van der Waals surface area contributed by atoms with Crippen LogP contribution in [-0.4, -0.2) is 40.9 Å². The fourth-order valence-corrected chi connectivity index (χ4v) is 4.60. The minimum atomic E-state index is -0.503. The highest BCUT2D eigenvalue weighted by atomic mass is 35.5. The zero-order valence-corrected chi connectivity index (χ0v) is 17.9. The van der Waals surface area contributed by atoms with Gasteiger partial charge in [-0.1, -0.05) is 11.6 Å². The second-order valence-electron chi connectivity index (χ2n) is 8.53. The van der Waals surface area contributed by atoms with E-state index in [2.05, 4.69) is 15.3 Å². The third-order valence-corrected chi connectivity index (χ3v) is 6.60. The van der Waals surface area contributed by atoms with E-state index < -0.39 is 5.95 Å². The van der Waals surface area contributed by atoms with Crippen molar-refractivity contribution in [1.29, 1.82) is 0 Å². The summed E-state index contributed by atoms with van der Waals surface area (Å²) in [5, 5.41) is 13.5. The lowest BCUT2D eigenvalue weighted by molar-refractivity contribution is 0.0699. The monoisotopic (exact) mass is 433 g/mol. The van der Waals surface area contributed by atoms with Crippen molar-refractivity contribution in [2.75, 3.05) is 25.1 Å². The van der Waals surface area contributed by atoms with Gasteiger partial charge in [0.1, 0.15) is 0 Å². The van der Waals surface area contributed by atoms with Crippen LogP contribution < -0.4 is 5.32 Å². The molecule has 2 aromatic rings. The quantitative estimate of drug-likeness (QED) is 0.636. The van der Waals surface area contributed by atoms with Gasteiger partial charge in [-0.15, -0.1) is 0 Å². The number of ether oxygens (including phenoxy) is 1. The Morgan fingerprint density at radius 1 is 1.03 bits per heavy atom. The first-order valence-corrected chi connectivity index (χ1v) is 11.3. The summed E-state index contributed by atoms with van der Waals surface area (Å²) in [6.45, 7) is 2.24. The number of hydrogen-bond acceptors (Lipinski definition) is 5. The molecule has 1 saturated heterocycles. The highest BCUT2D eigenvalue weighted by molar-refractivity contribution is 6.33. The molecule has 5 nitrogen and oxygen atoms in total. The van der Waals surface area contributed by atoms with Gasteiger partial charge in [0.2, 0.25) is 5.95 Å². The topological polar surface area (TPSA) is 67.3 Å². The molecule has 4 rings (SSSR count). The molecular weight excluding hydrogens is 405 g/mol. The SMILES string of the molecule is OC1CCC(Cc2cc(-c3cnc(F)c(NCC4CCOCC4)c3)c(Cl)cn2)CC1. The molecule has 162 valence electrons. The molecule has 0 unspecified atom stereocenters. The molecule has 2 aromatic heterocycles. The standard InChI is InChI=1S/C23H29ClFN3O2/c24-21-14-26-18(9-15-1-3-19(29)4-2-15)11-20(21)17-10-22(23(25)28-13-17)27-12-16-5-7-30-8-6-16/h10-11,13-16,19,27,29H,1-9,12H2. The number of hydrogen-bond donors (Lipinski definition) is 2. The van der Waals surface area contributed by atoms with Crippen LogP contribution in [0.1, 0.15) is 44.2 Å². The Morgan fingerprint density at radius 2 is 1.80 bits per heavy atom. The molecule has 0 spiro atoms. The Labute approximate surface area is 182 Å². The third kappa shape index (κ3) is 5.48. The molecule has 1 saturated carbocycles. The van der Waals surface area contributed by atoms with Gasteiger partial charge in [0.05, 0.1) is 16.8 Å². The predicted molar refractivity (Wildman–Crippen MR) is 116 cm³/mol. The zero-order valence-electron chi connectivity index (χ0n) is 17.1. The average molecular weight is 434 g/mol. The van der Waals surface area contributed by atoms with Crippen molar-refractivity contribution in [2.24, 2.45) is 11.8 Å². The molecule has 1 aliphatic carbocycles. The Bertz CT molecular complexity index is 852. The van der Waals surface area contributed by atoms with Crippen LogP contribution >= 0.6 is 11.6 Å². The summed E-state index contributed by atoms with van der Waals surface area (Å²) >= 11 is 6.43. The van der Waals surface area contributed by atoms with E-state index in [1.54, 1.807) is 12.3 Å². The summed E-state index contributed by atoms with van der Waals surface area (Å²) in [5.41, 5.74) is 2.96. The number of nitrogens with one attached hydrogen (secondary N) is 1. The van der Waals surface area contributed by atoms with Crippen molar-refractivity contribution in [3.05, 3.63) is 41.2 Å². The van der Waals surface area contributed by atoms with Gasteiger partial charge in [-0.25, -0.2) is 4.98 Å². The summed E-state index contributed by atoms with van der Waals surface area (Å²) in [4.78, 5) is 8.45. The molecule has 0 aromatic carbocycles. The van der Waals surface area contributed by atoms with Crippen LogP contribution in [0.3, 0.4) is 0 Å². The molecule has 2 aliphatic rings. The molecule has 3 heterocycles. The van der Waals surface area contributed by atoms with Gasteiger partial charge in [-0.2, -0.15) is 4.39 Å². The lowest BCUT2D eigenvalue weighted by Gasteiger charge is -2.25. The average Bonchev–Trinajstić information content (AvgIpc) is 2.77. The summed E-state index contributed by atoms with van der Waals surface area (Å²) in [7, 11) is 0. The minimum Gasteiger partial charge on any atom is -0.393 e. The van der Waals surface area contributed by atoms with Gasteiger partial charge < -0.3 is 15.2 Å². The van der Waals surface area contributed by atoms with Crippen molar-refractivity contribution in [3.8, 4) is 11.1 Å². The van der Waals surface area contributed by atoms with E-state index in [0.29, 0.717) is 29.1 Å². The summed E-state index contributed by atoms with van der Waals surface area (Å²) in [5.74, 6) is 0.502. The van der Waals surface area contributed by atoms with E-state index in [-0.39, 0.29) is 6.10 Å². The van der Waals surface area contributed by atoms with E-state index in [1.807, 2.05) is 6.07 Å². The normalized spacial score (nSPS) is 22.8. The van der Waals surface area contributed by atoms with Crippen LogP contribution in [0, 0.1) is 17.8 Å². The predicted octanol–water partition coefficient (Wildman–Crippen LogP) is 4.87. The first kappa shape index (κ1) is 21.5. The van der Waals surface area contributed by atoms with Crippen molar-refractivity contribution >= 4 is 17.3 Å². The zero-order chi connectivity index (χ0) is 20.9. The molecule has 0 amide bonds. The second-order valence-corrected chi connectivity index (χ2v) is 8.94. The van der Waals surface area contributed by atoms with E-state index in [0.717, 1.165) is 75.0 Å². The lowest BCUT2D eigenvalue weighted by Crippen LogP contribution is -2.23. The smallest absolute Gasteiger partial charge is 0.236 e. The number of aliphatic hydroxyl groups is 1. The van der Waals surface area contributed by atoms with Gasteiger partial charge in [0.25, 0.3) is 0 Å². The Kier molecular flexibility index (Phi) is 7.18. The number of nitrogens with zero attached hydrogens (tertiary/aromatic N) is 2. The molecule has 2 N–H and O–H groups in total. The van der Waals surface area contributed by atoms with Gasteiger partial charge in [-0.05, 0) is 68.9 Å². The second kappa shape index (κ2) is 10.0. The highest BCUT2D eigenvalue weighted by Gasteiger charge is 2.21. The molecule has 30 heavy (non-hydrogen) atoms. The molecule has 0 atom stereocenters. The fourth-order valence-electron chi connectivity index (χ4n) is 4.38. The van der Waals surface area contributed by atoms with Crippen LogP contribution in [0.5, 0.6) is 0 Å². The van der Waals surface area contributed by atoms with E-state index in [1.165, 1.54) is 6.20 Å². The summed E-state index contributed by atoms with van der Waals surface area (Å²) in [6, 6.07) is 3.77.